The molecule has 0 saturated carbocycles. The lowest BCUT2D eigenvalue weighted by Crippen LogP contribution is -2.45. The Morgan fingerprint density at radius 3 is 2.41 bits per heavy atom. The summed E-state index contributed by atoms with van der Waals surface area (Å²) in [5.74, 6) is 0.302. The molecule has 2 heterocycles. The second kappa shape index (κ2) is 7.56. The number of hydrogen-bond acceptors (Lipinski definition) is 3. The van der Waals surface area contributed by atoms with Crippen molar-refractivity contribution in [1.29, 1.82) is 0 Å². The molecule has 0 saturated heterocycles. The third-order valence-electron chi connectivity index (χ3n) is 4.66. The zero-order valence-electron chi connectivity index (χ0n) is 15.3. The van der Waals surface area contributed by atoms with Crippen LogP contribution in [0, 0.1) is 5.82 Å². The van der Waals surface area contributed by atoms with Gasteiger partial charge in [-0.3, -0.25) is 4.79 Å². The fraction of sp³-hybridized carbons (Fsp3) is 0.0909. The molecule has 7 heteroatoms. The Labute approximate surface area is 171 Å². The number of furan rings is 1. The summed E-state index contributed by atoms with van der Waals surface area (Å²) in [6.07, 6.45) is 0. The molecule has 0 fully saturated rings. The fourth-order valence-corrected chi connectivity index (χ4v) is 3.37. The van der Waals surface area contributed by atoms with Crippen molar-refractivity contribution in [3.63, 3.8) is 0 Å². The number of nitrogens with one attached hydrogen (secondary N) is 2. The van der Waals surface area contributed by atoms with E-state index in [1.807, 2.05) is 0 Å². The van der Waals surface area contributed by atoms with Gasteiger partial charge in [-0.25, -0.2) is 9.18 Å². The zero-order chi connectivity index (χ0) is 20.5. The second-order valence-corrected chi connectivity index (χ2v) is 7.05. The van der Waals surface area contributed by atoms with Gasteiger partial charge in [-0.05, 0) is 67.6 Å². The summed E-state index contributed by atoms with van der Waals surface area (Å²) < 4.78 is 19.1. The summed E-state index contributed by atoms with van der Waals surface area (Å²) in [7, 11) is 0. The first-order chi connectivity index (χ1) is 13.9. The van der Waals surface area contributed by atoms with Crippen LogP contribution in [0.4, 0.5) is 9.18 Å². The van der Waals surface area contributed by atoms with Gasteiger partial charge in [0, 0.05) is 27.4 Å². The largest absolute Gasteiger partial charge is 0.459 e. The minimum absolute atomic E-state index is 0.253. The highest BCUT2D eigenvalue weighted by atomic mass is 35.5. The van der Waals surface area contributed by atoms with Crippen LogP contribution in [0.2, 0.25) is 5.02 Å². The Bertz CT molecular complexity index is 1120. The van der Waals surface area contributed by atoms with Gasteiger partial charge in [-0.2, -0.15) is 0 Å². The Morgan fingerprint density at radius 2 is 1.72 bits per heavy atom. The van der Waals surface area contributed by atoms with Gasteiger partial charge < -0.3 is 15.1 Å². The molecule has 2 aromatic carbocycles. The molecule has 4 rings (SSSR count). The number of benzene rings is 2. The summed E-state index contributed by atoms with van der Waals surface area (Å²) in [6, 6.07) is 14.6. The van der Waals surface area contributed by atoms with Crippen molar-refractivity contribution in [2.24, 2.45) is 0 Å². The highest BCUT2D eigenvalue weighted by molar-refractivity contribution is 6.30. The molecule has 1 atom stereocenters. The first kappa shape index (κ1) is 19.0. The normalized spacial score (nSPS) is 16.4. The van der Waals surface area contributed by atoms with Crippen LogP contribution in [0.25, 0.3) is 11.3 Å². The van der Waals surface area contributed by atoms with Gasteiger partial charge in [0.25, 0.3) is 0 Å². The highest BCUT2D eigenvalue weighted by Crippen LogP contribution is 2.33. The number of halogens is 2. The fourth-order valence-electron chi connectivity index (χ4n) is 3.24. The van der Waals surface area contributed by atoms with Crippen molar-refractivity contribution in [2.45, 2.75) is 13.0 Å². The van der Waals surface area contributed by atoms with Crippen LogP contribution in [0.15, 0.2) is 76.4 Å². The molecule has 2 N–H and O–H groups in total. The molecule has 146 valence electrons. The third-order valence-corrected chi connectivity index (χ3v) is 4.91. The highest BCUT2D eigenvalue weighted by Gasteiger charge is 2.33. The predicted molar refractivity (Wildman–Crippen MR) is 107 cm³/mol. The van der Waals surface area contributed by atoms with Crippen molar-refractivity contribution in [2.75, 3.05) is 0 Å². The molecule has 5 nitrogen and oxygen atoms in total. The average Bonchev–Trinajstić information content (AvgIpc) is 3.18. The van der Waals surface area contributed by atoms with E-state index in [4.69, 9.17) is 16.0 Å². The van der Waals surface area contributed by atoms with E-state index in [1.54, 1.807) is 55.5 Å². The van der Waals surface area contributed by atoms with Crippen molar-refractivity contribution in [1.82, 2.24) is 10.6 Å². The molecule has 1 unspecified atom stereocenters. The summed E-state index contributed by atoms with van der Waals surface area (Å²) in [5.41, 5.74) is 1.94. The third kappa shape index (κ3) is 3.79. The molecule has 1 aromatic heterocycles. The summed E-state index contributed by atoms with van der Waals surface area (Å²) in [5, 5.41) is 5.90. The second-order valence-electron chi connectivity index (χ2n) is 6.62. The number of hydrogen-bond donors (Lipinski definition) is 2. The number of ketones is 1. The molecule has 3 aromatic rings. The van der Waals surface area contributed by atoms with Crippen LogP contribution in [0.3, 0.4) is 0 Å². The number of carbonyl (C=O) groups excluding carboxylic acids is 2. The van der Waals surface area contributed by atoms with Crippen LogP contribution >= 0.6 is 11.6 Å². The zero-order valence-corrected chi connectivity index (χ0v) is 16.1. The Hall–Kier alpha value is -3.38. The number of urea groups is 1. The minimum atomic E-state index is -0.763. The van der Waals surface area contributed by atoms with Crippen LogP contribution < -0.4 is 10.6 Å². The van der Waals surface area contributed by atoms with Gasteiger partial charge in [-0.15, -0.1) is 0 Å². The molecule has 29 heavy (non-hydrogen) atoms. The maximum atomic E-state index is 13.2. The standard InChI is InChI=1S/C22H16ClFN2O3/c1-12-19(21(27)14-2-6-15(23)7-3-14)20(26-22(28)25-12)18-11-10-17(29-18)13-4-8-16(24)9-5-13/h2-11,20H,1H3,(H2,25,26,28). The molecular formula is C22H16ClFN2O3. The van der Waals surface area contributed by atoms with E-state index in [-0.39, 0.29) is 11.6 Å². The minimum Gasteiger partial charge on any atom is -0.459 e. The van der Waals surface area contributed by atoms with Gasteiger partial charge in [-0.1, -0.05) is 11.6 Å². The van der Waals surface area contributed by atoms with Crippen molar-refractivity contribution in [3.8, 4) is 11.3 Å². The number of Topliss-reactive ketones (excluding diaryl/α,β-unsaturated/α-hetero) is 1. The predicted octanol–water partition coefficient (Wildman–Crippen LogP) is 5.25. The maximum Gasteiger partial charge on any atom is 0.319 e. The smallest absolute Gasteiger partial charge is 0.319 e. The quantitative estimate of drug-likeness (QED) is 0.577. The molecule has 1 aliphatic rings. The number of allylic oxidation sites excluding steroid dienone is 1. The van der Waals surface area contributed by atoms with E-state index < -0.39 is 12.1 Å². The molecule has 0 radical (unpaired) electrons. The lowest BCUT2D eigenvalue weighted by atomic mass is 9.93. The lowest BCUT2D eigenvalue weighted by molar-refractivity contribution is 0.102. The lowest BCUT2D eigenvalue weighted by Gasteiger charge is -2.27. The Morgan fingerprint density at radius 1 is 1.03 bits per heavy atom. The number of rotatable bonds is 4. The van der Waals surface area contributed by atoms with E-state index >= 15 is 0 Å². The monoisotopic (exact) mass is 410 g/mol. The molecule has 0 aliphatic carbocycles. The van der Waals surface area contributed by atoms with Gasteiger partial charge in [0.05, 0.1) is 0 Å². The summed E-state index contributed by atoms with van der Waals surface area (Å²) in [6.45, 7) is 1.67. The van der Waals surface area contributed by atoms with Crippen molar-refractivity contribution < 1.29 is 18.4 Å². The number of carbonyl (C=O) groups is 2. The van der Waals surface area contributed by atoms with Crippen LogP contribution in [0.5, 0.6) is 0 Å². The van der Waals surface area contributed by atoms with Crippen molar-refractivity contribution in [3.05, 3.63) is 94.1 Å². The Balaban J connectivity index is 1.72. The molecule has 1 aliphatic heterocycles. The number of amides is 2. The SMILES string of the molecule is CC1=C(C(=O)c2ccc(Cl)cc2)C(c2ccc(-c3ccc(F)cc3)o2)NC(=O)N1. The summed E-state index contributed by atoms with van der Waals surface area (Å²) in [4.78, 5) is 25.2. The van der Waals surface area contributed by atoms with Gasteiger partial charge in [0.15, 0.2) is 5.78 Å². The Kier molecular flexibility index (Phi) is 4.94. The van der Waals surface area contributed by atoms with Crippen LogP contribution in [0.1, 0.15) is 29.1 Å². The van der Waals surface area contributed by atoms with E-state index in [0.29, 0.717) is 38.9 Å². The topological polar surface area (TPSA) is 71.3 Å². The average molecular weight is 411 g/mol. The summed E-state index contributed by atoms with van der Waals surface area (Å²) >= 11 is 5.91. The van der Waals surface area contributed by atoms with Gasteiger partial charge in [0.1, 0.15) is 23.4 Å². The van der Waals surface area contributed by atoms with E-state index in [1.165, 1.54) is 12.1 Å². The first-order valence-corrected chi connectivity index (χ1v) is 9.24. The van der Waals surface area contributed by atoms with Crippen LogP contribution in [-0.2, 0) is 0 Å². The maximum absolute atomic E-state index is 13.2. The molecule has 2 amide bonds. The molecular weight excluding hydrogens is 395 g/mol. The van der Waals surface area contributed by atoms with E-state index in [9.17, 15) is 14.0 Å². The van der Waals surface area contributed by atoms with Crippen LogP contribution in [-0.4, -0.2) is 11.8 Å². The molecule has 0 spiro atoms. The van der Waals surface area contributed by atoms with Gasteiger partial charge >= 0.3 is 6.03 Å². The first-order valence-electron chi connectivity index (χ1n) is 8.86. The van der Waals surface area contributed by atoms with E-state index in [2.05, 4.69) is 10.6 Å². The van der Waals surface area contributed by atoms with E-state index in [0.717, 1.165) is 0 Å². The van der Waals surface area contributed by atoms with Crippen molar-refractivity contribution >= 4 is 23.4 Å². The van der Waals surface area contributed by atoms with Gasteiger partial charge in [0.2, 0.25) is 0 Å². The molecule has 0 bridgehead atoms.